The lowest BCUT2D eigenvalue weighted by Gasteiger charge is -2.19. The molecular formula is C12H18Cl2N2. The number of benzene rings is 1. The summed E-state index contributed by atoms with van der Waals surface area (Å²) in [6.07, 6.45) is 2.35. The number of hydrogen-bond acceptors (Lipinski definition) is 2. The zero-order chi connectivity index (χ0) is 12.0. The van der Waals surface area contributed by atoms with Crippen molar-refractivity contribution in [2.45, 2.75) is 12.8 Å². The van der Waals surface area contributed by atoms with Crippen LogP contribution in [0.4, 0.5) is 5.69 Å². The molecule has 0 spiro atoms. The molecule has 0 saturated carbocycles. The van der Waals surface area contributed by atoms with E-state index in [-0.39, 0.29) is 0 Å². The minimum Gasteiger partial charge on any atom is -0.375 e. The molecule has 4 heteroatoms. The molecule has 90 valence electrons. The number of nitrogens with zero attached hydrogens (tertiary/aromatic N) is 1. The van der Waals surface area contributed by atoms with E-state index in [4.69, 9.17) is 23.2 Å². The first-order chi connectivity index (χ1) is 7.65. The smallest absolute Gasteiger partial charge is 0.0612 e. The van der Waals surface area contributed by atoms with Crippen LogP contribution in [0, 0.1) is 0 Å². The lowest BCUT2D eigenvalue weighted by molar-refractivity contribution is 0.671. The van der Waals surface area contributed by atoms with Crippen LogP contribution in [-0.4, -0.2) is 27.2 Å². The van der Waals surface area contributed by atoms with Gasteiger partial charge in [-0.3, -0.25) is 0 Å². The molecule has 0 unspecified atom stereocenters. The molecule has 0 atom stereocenters. The van der Waals surface area contributed by atoms with Crippen LogP contribution < -0.4 is 10.2 Å². The first-order valence-electron chi connectivity index (χ1n) is 5.46. The Bertz CT molecular complexity index is 329. The van der Waals surface area contributed by atoms with E-state index >= 15 is 0 Å². The fourth-order valence-electron chi connectivity index (χ4n) is 1.50. The van der Waals surface area contributed by atoms with Crippen molar-refractivity contribution in [3.05, 3.63) is 28.2 Å². The van der Waals surface area contributed by atoms with Crippen LogP contribution in [0.25, 0.3) is 0 Å². The van der Waals surface area contributed by atoms with Crippen LogP contribution in [0.5, 0.6) is 0 Å². The van der Waals surface area contributed by atoms with Crippen LogP contribution in [0.1, 0.15) is 12.8 Å². The average molecular weight is 261 g/mol. The van der Waals surface area contributed by atoms with E-state index < -0.39 is 0 Å². The number of halogens is 2. The van der Waals surface area contributed by atoms with Crippen molar-refractivity contribution >= 4 is 28.9 Å². The summed E-state index contributed by atoms with van der Waals surface area (Å²) in [5.41, 5.74) is 1.11. The Morgan fingerprint density at radius 3 is 2.56 bits per heavy atom. The number of nitrogens with one attached hydrogen (secondary N) is 1. The van der Waals surface area contributed by atoms with Gasteiger partial charge in [0, 0.05) is 19.3 Å². The molecule has 0 fully saturated rings. The lowest BCUT2D eigenvalue weighted by Crippen LogP contribution is -2.19. The first kappa shape index (κ1) is 13.6. The molecule has 0 aromatic heterocycles. The maximum Gasteiger partial charge on any atom is 0.0612 e. The van der Waals surface area contributed by atoms with Crippen molar-refractivity contribution in [3.63, 3.8) is 0 Å². The fraction of sp³-hybridized carbons (Fsp3) is 0.500. The molecule has 0 aliphatic rings. The van der Waals surface area contributed by atoms with E-state index in [9.17, 15) is 0 Å². The van der Waals surface area contributed by atoms with Gasteiger partial charge in [0.15, 0.2) is 0 Å². The van der Waals surface area contributed by atoms with Gasteiger partial charge in [0.25, 0.3) is 0 Å². The van der Waals surface area contributed by atoms with Gasteiger partial charge in [-0.25, -0.2) is 0 Å². The maximum atomic E-state index is 5.97. The summed E-state index contributed by atoms with van der Waals surface area (Å²) >= 11 is 11.8. The van der Waals surface area contributed by atoms with Crippen LogP contribution in [0.2, 0.25) is 10.0 Å². The summed E-state index contributed by atoms with van der Waals surface area (Å²) < 4.78 is 0. The largest absolute Gasteiger partial charge is 0.375 e. The van der Waals surface area contributed by atoms with Gasteiger partial charge >= 0.3 is 0 Å². The summed E-state index contributed by atoms with van der Waals surface area (Å²) in [5, 5.41) is 4.36. The topological polar surface area (TPSA) is 15.3 Å². The van der Waals surface area contributed by atoms with Crippen molar-refractivity contribution in [1.29, 1.82) is 0 Å². The summed E-state index contributed by atoms with van der Waals surface area (Å²) in [4.78, 5) is 2.19. The van der Waals surface area contributed by atoms with E-state index in [1.54, 1.807) is 0 Å². The third-order valence-corrected chi connectivity index (χ3v) is 3.25. The molecule has 0 amide bonds. The van der Waals surface area contributed by atoms with E-state index in [2.05, 4.69) is 17.3 Å². The molecule has 16 heavy (non-hydrogen) atoms. The molecule has 0 aliphatic carbocycles. The molecule has 0 heterocycles. The van der Waals surface area contributed by atoms with Crippen LogP contribution in [0.15, 0.2) is 18.2 Å². The third kappa shape index (κ3) is 4.20. The van der Waals surface area contributed by atoms with E-state index in [0.29, 0.717) is 10.0 Å². The van der Waals surface area contributed by atoms with Gasteiger partial charge in [0.2, 0.25) is 0 Å². The second kappa shape index (κ2) is 7.00. The van der Waals surface area contributed by atoms with E-state index in [1.165, 1.54) is 6.42 Å². The van der Waals surface area contributed by atoms with Crippen molar-refractivity contribution in [1.82, 2.24) is 5.32 Å². The molecule has 0 aliphatic heterocycles. The maximum absolute atomic E-state index is 5.97. The van der Waals surface area contributed by atoms with E-state index in [1.807, 2.05) is 25.2 Å². The van der Waals surface area contributed by atoms with E-state index in [0.717, 1.165) is 25.2 Å². The first-order valence-corrected chi connectivity index (χ1v) is 6.21. The standard InChI is InChI=1S/C12H18Cl2N2/c1-15-7-3-4-8-16(2)10-5-6-11(13)12(14)9-10/h5-6,9,15H,3-4,7-8H2,1-2H3. The van der Waals surface area contributed by atoms with Crippen LogP contribution in [-0.2, 0) is 0 Å². The number of unbranched alkanes of at least 4 members (excludes halogenated alkanes) is 1. The molecule has 0 bridgehead atoms. The fourth-order valence-corrected chi connectivity index (χ4v) is 1.79. The Morgan fingerprint density at radius 2 is 1.94 bits per heavy atom. The van der Waals surface area contributed by atoms with Crippen LogP contribution >= 0.6 is 23.2 Å². The molecule has 1 N–H and O–H groups in total. The van der Waals surface area contributed by atoms with Gasteiger partial charge in [-0.15, -0.1) is 0 Å². The highest BCUT2D eigenvalue weighted by Gasteiger charge is 2.03. The molecule has 1 aromatic rings. The Morgan fingerprint density at radius 1 is 1.19 bits per heavy atom. The molecule has 1 aromatic carbocycles. The summed E-state index contributed by atoms with van der Waals surface area (Å²) in [6.45, 7) is 2.09. The normalized spacial score (nSPS) is 10.5. The van der Waals surface area contributed by atoms with Gasteiger partial charge < -0.3 is 10.2 Å². The van der Waals surface area contributed by atoms with Gasteiger partial charge in [0.1, 0.15) is 0 Å². The Labute approximate surface area is 108 Å². The number of anilines is 1. The SMILES string of the molecule is CNCCCCN(C)c1ccc(Cl)c(Cl)c1. The van der Waals surface area contributed by atoms with Crippen molar-refractivity contribution < 1.29 is 0 Å². The zero-order valence-corrected chi connectivity index (χ0v) is 11.3. The number of rotatable bonds is 6. The van der Waals surface area contributed by atoms with Gasteiger partial charge in [0.05, 0.1) is 10.0 Å². The highest BCUT2D eigenvalue weighted by atomic mass is 35.5. The lowest BCUT2D eigenvalue weighted by atomic mass is 10.2. The third-order valence-electron chi connectivity index (χ3n) is 2.51. The second-order valence-electron chi connectivity index (χ2n) is 3.83. The van der Waals surface area contributed by atoms with Gasteiger partial charge in [-0.1, -0.05) is 23.2 Å². The van der Waals surface area contributed by atoms with Gasteiger partial charge in [-0.05, 0) is 44.6 Å². The van der Waals surface area contributed by atoms with Crippen molar-refractivity contribution in [2.75, 3.05) is 32.1 Å². The highest BCUT2D eigenvalue weighted by Crippen LogP contribution is 2.26. The minimum absolute atomic E-state index is 0.606. The predicted molar refractivity (Wildman–Crippen MR) is 72.9 cm³/mol. The Balaban J connectivity index is 2.46. The molecular weight excluding hydrogens is 243 g/mol. The summed E-state index contributed by atoms with van der Waals surface area (Å²) in [7, 11) is 4.04. The number of hydrogen-bond donors (Lipinski definition) is 1. The summed E-state index contributed by atoms with van der Waals surface area (Å²) in [6, 6.07) is 5.73. The average Bonchev–Trinajstić information content (AvgIpc) is 2.28. The van der Waals surface area contributed by atoms with Gasteiger partial charge in [-0.2, -0.15) is 0 Å². The molecule has 0 saturated heterocycles. The predicted octanol–water partition coefficient (Wildman–Crippen LogP) is 3.43. The van der Waals surface area contributed by atoms with Crippen LogP contribution in [0.3, 0.4) is 0 Å². The zero-order valence-electron chi connectivity index (χ0n) is 9.76. The minimum atomic E-state index is 0.606. The Kier molecular flexibility index (Phi) is 5.96. The molecule has 1 rings (SSSR count). The monoisotopic (exact) mass is 260 g/mol. The highest BCUT2D eigenvalue weighted by molar-refractivity contribution is 6.42. The second-order valence-corrected chi connectivity index (χ2v) is 4.65. The molecule has 0 radical (unpaired) electrons. The molecule has 2 nitrogen and oxygen atoms in total. The quantitative estimate of drug-likeness (QED) is 0.789. The van der Waals surface area contributed by atoms with Crippen molar-refractivity contribution in [3.8, 4) is 0 Å². The Hall–Kier alpha value is -0.440. The summed E-state index contributed by atoms with van der Waals surface area (Å²) in [5.74, 6) is 0. The van der Waals surface area contributed by atoms with Crippen molar-refractivity contribution in [2.24, 2.45) is 0 Å².